The van der Waals surface area contributed by atoms with Crippen molar-refractivity contribution in [3.8, 4) is 0 Å². The Hall–Kier alpha value is -3.38. The van der Waals surface area contributed by atoms with Gasteiger partial charge in [-0.15, -0.1) is 0 Å². The van der Waals surface area contributed by atoms with E-state index in [0.717, 1.165) is 16.0 Å². The van der Waals surface area contributed by atoms with Gasteiger partial charge >= 0.3 is 0 Å². The fourth-order valence-corrected chi connectivity index (χ4v) is 4.47. The molecule has 3 aromatic carbocycles. The van der Waals surface area contributed by atoms with Crippen molar-refractivity contribution in [3.63, 3.8) is 0 Å². The van der Waals surface area contributed by atoms with Crippen LogP contribution in [-0.4, -0.2) is 17.9 Å². The van der Waals surface area contributed by atoms with Gasteiger partial charge in [0.2, 0.25) is 0 Å². The number of nitrogens with zero attached hydrogens (tertiary/aromatic N) is 1. The first-order chi connectivity index (χ1) is 15.4. The van der Waals surface area contributed by atoms with Crippen LogP contribution >= 0.6 is 11.8 Å². The lowest BCUT2D eigenvalue weighted by molar-refractivity contribution is -0.114. The van der Waals surface area contributed by atoms with Gasteiger partial charge in [0.25, 0.3) is 11.8 Å². The zero-order chi connectivity index (χ0) is 22.7. The van der Waals surface area contributed by atoms with Gasteiger partial charge in [-0.1, -0.05) is 54.2 Å². The van der Waals surface area contributed by atoms with Gasteiger partial charge in [-0.05, 0) is 61.4 Å². The highest BCUT2D eigenvalue weighted by molar-refractivity contribution is 8.04. The molecule has 0 radical (unpaired) electrons. The summed E-state index contributed by atoms with van der Waals surface area (Å²) in [7, 11) is 0. The molecule has 0 aromatic heterocycles. The molecule has 1 heterocycles. The zero-order valence-corrected chi connectivity index (χ0v) is 18.7. The summed E-state index contributed by atoms with van der Waals surface area (Å²) < 4.78 is 13.4. The van der Waals surface area contributed by atoms with Gasteiger partial charge < -0.3 is 10.2 Å². The van der Waals surface area contributed by atoms with Gasteiger partial charge in [-0.2, -0.15) is 0 Å². The van der Waals surface area contributed by atoms with Crippen LogP contribution in [0.25, 0.3) is 6.08 Å². The summed E-state index contributed by atoms with van der Waals surface area (Å²) >= 11 is 1.39. The third kappa shape index (κ3) is 4.92. The highest BCUT2D eigenvalue weighted by atomic mass is 32.2. The van der Waals surface area contributed by atoms with Crippen molar-refractivity contribution in [2.75, 3.05) is 4.90 Å². The van der Waals surface area contributed by atoms with E-state index in [1.807, 2.05) is 56.3 Å². The third-order valence-electron chi connectivity index (χ3n) is 4.96. The number of carbonyl (C=O) groups is 2. The minimum atomic E-state index is -0.327. The van der Waals surface area contributed by atoms with Crippen LogP contribution in [-0.2, 0) is 11.3 Å². The second-order valence-corrected chi connectivity index (χ2v) is 8.93. The molecule has 2 amide bonds. The first-order valence-corrected chi connectivity index (χ1v) is 11.2. The van der Waals surface area contributed by atoms with Crippen molar-refractivity contribution in [1.82, 2.24) is 5.32 Å². The number of thioether (sulfide) groups is 1. The van der Waals surface area contributed by atoms with E-state index >= 15 is 0 Å². The molecule has 0 saturated heterocycles. The van der Waals surface area contributed by atoms with Crippen LogP contribution in [0.5, 0.6) is 0 Å². The Morgan fingerprint density at radius 2 is 1.78 bits per heavy atom. The van der Waals surface area contributed by atoms with Crippen LogP contribution in [0.1, 0.15) is 35.3 Å². The number of hydrogen-bond acceptors (Lipinski definition) is 3. The van der Waals surface area contributed by atoms with Crippen molar-refractivity contribution in [3.05, 3.63) is 100 Å². The first kappa shape index (κ1) is 21.8. The van der Waals surface area contributed by atoms with E-state index < -0.39 is 0 Å². The van der Waals surface area contributed by atoms with Crippen molar-refractivity contribution in [2.24, 2.45) is 0 Å². The van der Waals surface area contributed by atoms with E-state index in [2.05, 4.69) is 5.32 Å². The fourth-order valence-electron chi connectivity index (χ4n) is 3.43. The van der Waals surface area contributed by atoms with Gasteiger partial charge in [0.1, 0.15) is 5.82 Å². The monoisotopic (exact) mass is 446 g/mol. The molecule has 0 aliphatic carbocycles. The SMILES string of the molecule is CC(C)NC(=O)c1ccc2c(c1)N(Cc1ccc(F)cc1)C(=O)/C(=C/c1ccccc1)S2. The van der Waals surface area contributed by atoms with E-state index in [-0.39, 0.29) is 30.2 Å². The molecule has 3 aromatic rings. The van der Waals surface area contributed by atoms with Gasteiger partial charge in [0.05, 0.1) is 17.1 Å². The topological polar surface area (TPSA) is 49.4 Å². The Morgan fingerprint density at radius 3 is 2.47 bits per heavy atom. The number of amides is 2. The summed E-state index contributed by atoms with van der Waals surface area (Å²) in [6.45, 7) is 4.07. The summed E-state index contributed by atoms with van der Waals surface area (Å²) in [6, 6.07) is 21.2. The Kier molecular flexibility index (Phi) is 6.42. The van der Waals surface area contributed by atoms with Gasteiger partial charge in [-0.25, -0.2) is 4.39 Å². The van der Waals surface area contributed by atoms with Gasteiger partial charge in [-0.3, -0.25) is 9.59 Å². The molecular formula is C26H23FN2O2S. The van der Waals surface area contributed by atoms with E-state index in [4.69, 9.17) is 0 Å². The second-order valence-electron chi connectivity index (χ2n) is 7.85. The minimum absolute atomic E-state index is 0.00488. The zero-order valence-electron chi connectivity index (χ0n) is 17.8. The number of benzene rings is 3. The predicted octanol–water partition coefficient (Wildman–Crippen LogP) is 5.64. The standard InChI is InChI=1S/C26H23FN2O2S/c1-17(2)28-25(30)20-10-13-23-22(15-20)29(16-19-8-11-21(27)12-9-19)26(31)24(32-23)14-18-6-4-3-5-7-18/h3-15,17H,16H2,1-2H3,(H,28,30)/b24-14-. The third-order valence-corrected chi connectivity index (χ3v) is 6.04. The van der Waals surface area contributed by atoms with E-state index in [1.54, 1.807) is 29.2 Å². The van der Waals surface area contributed by atoms with E-state index in [0.29, 0.717) is 16.2 Å². The van der Waals surface area contributed by atoms with Crippen molar-refractivity contribution >= 4 is 35.3 Å². The van der Waals surface area contributed by atoms with Crippen molar-refractivity contribution in [1.29, 1.82) is 0 Å². The molecular weight excluding hydrogens is 423 g/mol. The lowest BCUT2D eigenvalue weighted by Crippen LogP contribution is -2.34. The quantitative estimate of drug-likeness (QED) is 0.516. The van der Waals surface area contributed by atoms with Crippen molar-refractivity contribution in [2.45, 2.75) is 31.3 Å². The Labute approximate surface area is 191 Å². The molecule has 0 spiro atoms. The maximum Gasteiger partial charge on any atom is 0.265 e. The highest BCUT2D eigenvalue weighted by Crippen LogP contribution is 2.43. The molecule has 0 atom stereocenters. The molecule has 4 rings (SSSR count). The maximum absolute atomic E-state index is 13.5. The maximum atomic E-state index is 13.5. The fraction of sp³-hybridized carbons (Fsp3) is 0.154. The summed E-state index contributed by atoms with van der Waals surface area (Å²) in [6.07, 6.45) is 1.87. The number of carbonyl (C=O) groups excluding carboxylic acids is 2. The minimum Gasteiger partial charge on any atom is -0.350 e. The number of fused-ring (bicyclic) bond motifs is 1. The average molecular weight is 447 g/mol. The van der Waals surface area contributed by atoms with Crippen LogP contribution in [0.15, 0.2) is 82.6 Å². The number of hydrogen-bond donors (Lipinski definition) is 1. The normalized spacial score (nSPS) is 14.6. The molecule has 0 bridgehead atoms. The summed E-state index contributed by atoms with van der Waals surface area (Å²) in [5, 5.41) is 2.89. The van der Waals surface area contributed by atoms with E-state index in [9.17, 15) is 14.0 Å². The molecule has 4 nitrogen and oxygen atoms in total. The Balaban J connectivity index is 1.75. The Bertz CT molecular complexity index is 1170. The number of nitrogens with one attached hydrogen (secondary N) is 1. The highest BCUT2D eigenvalue weighted by Gasteiger charge is 2.30. The van der Waals surface area contributed by atoms with Crippen LogP contribution in [0.3, 0.4) is 0 Å². The second kappa shape index (κ2) is 9.40. The lowest BCUT2D eigenvalue weighted by atomic mass is 10.1. The van der Waals surface area contributed by atoms with Crippen LogP contribution in [0.2, 0.25) is 0 Å². The summed E-state index contributed by atoms with van der Waals surface area (Å²) in [5.74, 6) is -0.670. The van der Waals surface area contributed by atoms with Crippen LogP contribution in [0.4, 0.5) is 10.1 Å². The predicted molar refractivity (Wildman–Crippen MR) is 127 cm³/mol. The number of halogens is 1. The number of rotatable bonds is 5. The van der Waals surface area contributed by atoms with Crippen LogP contribution < -0.4 is 10.2 Å². The van der Waals surface area contributed by atoms with Gasteiger partial charge in [0, 0.05) is 16.5 Å². The molecule has 6 heteroatoms. The lowest BCUT2D eigenvalue weighted by Gasteiger charge is -2.31. The first-order valence-electron chi connectivity index (χ1n) is 10.4. The molecule has 0 saturated carbocycles. The molecule has 1 aliphatic heterocycles. The molecule has 0 unspecified atom stereocenters. The number of anilines is 1. The van der Waals surface area contributed by atoms with Gasteiger partial charge in [0.15, 0.2) is 0 Å². The largest absolute Gasteiger partial charge is 0.350 e. The molecule has 1 aliphatic rings. The van der Waals surface area contributed by atoms with E-state index in [1.165, 1.54) is 23.9 Å². The Morgan fingerprint density at radius 1 is 1.06 bits per heavy atom. The smallest absolute Gasteiger partial charge is 0.265 e. The molecule has 32 heavy (non-hydrogen) atoms. The van der Waals surface area contributed by atoms with Crippen molar-refractivity contribution < 1.29 is 14.0 Å². The molecule has 162 valence electrons. The summed E-state index contributed by atoms with van der Waals surface area (Å²) in [4.78, 5) is 29.2. The summed E-state index contributed by atoms with van der Waals surface area (Å²) in [5.41, 5.74) is 2.89. The molecule has 1 N–H and O–H groups in total. The van der Waals surface area contributed by atoms with Crippen LogP contribution in [0, 0.1) is 5.82 Å². The average Bonchev–Trinajstić information content (AvgIpc) is 2.78. The molecule has 0 fully saturated rings.